The lowest BCUT2D eigenvalue weighted by Gasteiger charge is -2.17. The average Bonchev–Trinajstić information content (AvgIpc) is 3.71. The van der Waals surface area contributed by atoms with Crippen molar-refractivity contribution in [2.75, 3.05) is 5.75 Å². The van der Waals surface area contributed by atoms with Crippen LogP contribution in [0.5, 0.6) is 0 Å². The topological polar surface area (TPSA) is 64.0 Å². The van der Waals surface area contributed by atoms with Crippen LogP contribution in [0.15, 0.2) is 58.3 Å². The van der Waals surface area contributed by atoms with E-state index < -0.39 is 0 Å². The summed E-state index contributed by atoms with van der Waals surface area (Å²) >= 11 is 2.80. The third kappa shape index (κ3) is 4.34. The van der Waals surface area contributed by atoms with Gasteiger partial charge in [-0.15, -0.1) is 17.9 Å². The van der Waals surface area contributed by atoms with Crippen LogP contribution < -0.4 is 10.9 Å². The maximum absolute atomic E-state index is 13.4. The van der Waals surface area contributed by atoms with Crippen LogP contribution in [-0.4, -0.2) is 27.3 Å². The Morgan fingerprint density at radius 2 is 1.97 bits per heavy atom. The number of benzene rings is 1. The number of aromatic nitrogens is 2. The molecule has 1 amide bonds. The first kappa shape index (κ1) is 20.5. The fourth-order valence-electron chi connectivity index (χ4n) is 4.13. The quantitative estimate of drug-likeness (QED) is 0.291. The zero-order chi connectivity index (χ0) is 21.4. The number of rotatable bonds is 9. The first-order valence-electron chi connectivity index (χ1n) is 10.8. The second-order valence-corrected chi connectivity index (χ2v) is 10.2. The summed E-state index contributed by atoms with van der Waals surface area (Å²) in [5.74, 6) is 1.63. The highest BCUT2D eigenvalue weighted by atomic mass is 32.2. The molecule has 0 bridgehead atoms. The van der Waals surface area contributed by atoms with Crippen molar-refractivity contribution in [3.8, 4) is 11.1 Å². The monoisotopic (exact) mass is 451 g/mol. The number of carbonyl (C=O) groups excluding carboxylic acids is 1. The van der Waals surface area contributed by atoms with Crippen LogP contribution in [0.2, 0.25) is 0 Å². The molecule has 2 aliphatic rings. The van der Waals surface area contributed by atoms with Gasteiger partial charge in [0.15, 0.2) is 5.16 Å². The zero-order valence-electron chi connectivity index (χ0n) is 17.3. The van der Waals surface area contributed by atoms with Crippen molar-refractivity contribution in [1.29, 1.82) is 0 Å². The minimum absolute atomic E-state index is 0.0319. The Balaban J connectivity index is 1.40. The van der Waals surface area contributed by atoms with Gasteiger partial charge in [0, 0.05) is 23.5 Å². The number of allylic oxidation sites excluding steroid dienone is 1. The van der Waals surface area contributed by atoms with Crippen molar-refractivity contribution in [1.82, 2.24) is 14.9 Å². The van der Waals surface area contributed by atoms with Crippen molar-refractivity contribution in [3.05, 3.63) is 58.7 Å². The third-order valence-electron chi connectivity index (χ3n) is 5.97. The molecule has 2 fully saturated rings. The van der Waals surface area contributed by atoms with Crippen LogP contribution >= 0.6 is 23.1 Å². The van der Waals surface area contributed by atoms with Crippen LogP contribution in [0.25, 0.3) is 21.3 Å². The fourth-order valence-corrected chi connectivity index (χ4v) is 5.93. The Morgan fingerprint density at radius 1 is 1.26 bits per heavy atom. The molecule has 0 saturated heterocycles. The Bertz CT molecular complexity index is 1160. The summed E-state index contributed by atoms with van der Waals surface area (Å²) in [7, 11) is 0. The van der Waals surface area contributed by atoms with Crippen LogP contribution in [0.3, 0.4) is 0 Å². The predicted molar refractivity (Wildman–Crippen MR) is 128 cm³/mol. The number of hydrogen-bond donors (Lipinski definition) is 1. The molecule has 2 saturated carbocycles. The van der Waals surface area contributed by atoms with Crippen molar-refractivity contribution >= 4 is 39.2 Å². The molecular formula is C24H25N3O2S2. The molecule has 160 valence electrons. The molecule has 1 aromatic carbocycles. The Labute approximate surface area is 189 Å². The van der Waals surface area contributed by atoms with Gasteiger partial charge in [-0.25, -0.2) is 4.98 Å². The van der Waals surface area contributed by atoms with Gasteiger partial charge in [0.05, 0.1) is 11.1 Å². The number of fused-ring (bicyclic) bond motifs is 1. The van der Waals surface area contributed by atoms with Crippen LogP contribution in [-0.2, 0) is 11.3 Å². The smallest absolute Gasteiger partial charge is 0.263 e. The maximum Gasteiger partial charge on any atom is 0.263 e. The molecule has 2 heterocycles. The van der Waals surface area contributed by atoms with Crippen LogP contribution in [0.4, 0.5) is 0 Å². The molecule has 2 aromatic heterocycles. The van der Waals surface area contributed by atoms with Gasteiger partial charge in [0.1, 0.15) is 4.83 Å². The molecule has 5 rings (SSSR count). The van der Waals surface area contributed by atoms with E-state index in [0.29, 0.717) is 39.8 Å². The van der Waals surface area contributed by atoms with Gasteiger partial charge >= 0.3 is 0 Å². The van der Waals surface area contributed by atoms with E-state index in [1.54, 1.807) is 10.6 Å². The van der Waals surface area contributed by atoms with E-state index in [9.17, 15) is 9.59 Å². The Hall–Kier alpha value is -2.38. The fraction of sp³-hybridized carbons (Fsp3) is 0.375. The number of nitrogens with zero attached hydrogens (tertiary/aromatic N) is 2. The summed E-state index contributed by atoms with van der Waals surface area (Å²) in [6, 6.07) is 10.2. The summed E-state index contributed by atoms with van der Waals surface area (Å²) < 4.78 is 1.63. The van der Waals surface area contributed by atoms with Crippen molar-refractivity contribution in [2.24, 2.45) is 11.8 Å². The molecule has 0 spiro atoms. The van der Waals surface area contributed by atoms with E-state index in [2.05, 4.69) is 11.9 Å². The molecular weight excluding hydrogens is 426 g/mol. The first-order valence-corrected chi connectivity index (χ1v) is 12.6. The number of carbonyl (C=O) groups is 1. The van der Waals surface area contributed by atoms with E-state index in [1.807, 2.05) is 35.7 Å². The lowest BCUT2D eigenvalue weighted by molar-refractivity contribution is -0.119. The molecule has 0 radical (unpaired) electrons. The SMILES string of the molecule is C=CCn1c(SCC(=O)NC(C2CC2)C2CC2)nc2scc(-c3ccccc3)c2c1=O. The number of amides is 1. The molecule has 31 heavy (non-hydrogen) atoms. The highest BCUT2D eigenvalue weighted by Crippen LogP contribution is 2.44. The Kier molecular flexibility index (Phi) is 5.71. The largest absolute Gasteiger partial charge is 0.352 e. The average molecular weight is 452 g/mol. The molecule has 0 unspecified atom stereocenters. The first-order chi connectivity index (χ1) is 15.2. The molecule has 1 N–H and O–H groups in total. The summed E-state index contributed by atoms with van der Waals surface area (Å²) in [6.07, 6.45) is 6.62. The molecule has 2 aliphatic carbocycles. The molecule has 5 nitrogen and oxygen atoms in total. The zero-order valence-corrected chi connectivity index (χ0v) is 18.9. The lowest BCUT2D eigenvalue weighted by Crippen LogP contribution is -2.39. The summed E-state index contributed by atoms with van der Waals surface area (Å²) in [6.45, 7) is 4.16. The van der Waals surface area contributed by atoms with Gasteiger partial charge in [-0.2, -0.15) is 0 Å². The number of hydrogen-bond acceptors (Lipinski definition) is 5. The molecule has 7 heteroatoms. The van der Waals surface area contributed by atoms with Gasteiger partial charge in [0.25, 0.3) is 5.56 Å². The van der Waals surface area contributed by atoms with E-state index in [0.717, 1.165) is 11.1 Å². The highest BCUT2D eigenvalue weighted by molar-refractivity contribution is 7.99. The van der Waals surface area contributed by atoms with Crippen molar-refractivity contribution in [2.45, 2.75) is 43.4 Å². The van der Waals surface area contributed by atoms with Gasteiger partial charge in [-0.1, -0.05) is 48.2 Å². The lowest BCUT2D eigenvalue weighted by atomic mass is 10.1. The van der Waals surface area contributed by atoms with E-state index in [-0.39, 0.29) is 17.2 Å². The van der Waals surface area contributed by atoms with Gasteiger partial charge in [-0.05, 0) is 43.1 Å². The van der Waals surface area contributed by atoms with E-state index >= 15 is 0 Å². The standard InChI is InChI=1S/C24H25N3O2S2/c1-2-12-27-23(29)20-18(15-6-4-3-5-7-15)13-30-22(20)26-24(27)31-14-19(28)25-21(16-8-9-16)17-10-11-17/h2-7,13,16-17,21H,1,8-12,14H2,(H,25,28). The second-order valence-electron chi connectivity index (χ2n) is 8.35. The molecule has 3 aromatic rings. The van der Waals surface area contributed by atoms with Gasteiger partial charge < -0.3 is 5.32 Å². The normalized spacial score (nSPS) is 16.0. The maximum atomic E-state index is 13.4. The van der Waals surface area contributed by atoms with Gasteiger partial charge in [0.2, 0.25) is 5.91 Å². The van der Waals surface area contributed by atoms with Crippen molar-refractivity contribution in [3.63, 3.8) is 0 Å². The number of thioether (sulfide) groups is 1. The number of nitrogens with one attached hydrogen (secondary N) is 1. The second kappa shape index (κ2) is 8.63. The number of thiophene rings is 1. The summed E-state index contributed by atoms with van der Waals surface area (Å²) in [5, 5.41) is 6.44. The van der Waals surface area contributed by atoms with E-state index in [4.69, 9.17) is 4.98 Å². The van der Waals surface area contributed by atoms with E-state index in [1.165, 1.54) is 48.8 Å². The minimum atomic E-state index is -0.0817. The molecule has 0 atom stereocenters. The summed E-state index contributed by atoms with van der Waals surface area (Å²) in [5.41, 5.74) is 1.83. The predicted octanol–water partition coefficient (Wildman–Crippen LogP) is 4.71. The highest BCUT2D eigenvalue weighted by Gasteiger charge is 2.42. The minimum Gasteiger partial charge on any atom is -0.352 e. The summed E-state index contributed by atoms with van der Waals surface area (Å²) in [4.78, 5) is 31.5. The van der Waals surface area contributed by atoms with Crippen LogP contribution in [0, 0.1) is 11.8 Å². The third-order valence-corrected chi connectivity index (χ3v) is 7.82. The van der Waals surface area contributed by atoms with Gasteiger partial charge in [-0.3, -0.25) is 14.2 Å². The Morgan fingerprint density at radius 3 is 2.61 bits per heavy atom. The van der Waals surface area contributed by atoms with Crippen molar-refractivity contribution < 1.29 is 4.79 Å². The van der Waals surface area contributed by atoms with Crippen LogP contribution in [0.1, 0.15) is 25.7 Å². The molecule has 0 aliphatic heterocycles.